The molecule has 1 aromatic rings. The van der Waals surface area contributed by atoms with Crippen molar-refractivity contribution in [2.75, 3.05) is 7.11 Å². The van der Waals surface area contributed by atoms with Crippen molar-refractivity contribution in [3.05, 3.63) is 35.6 Å². The highest BCUT2D eigenvalue weighted by Crippen LogP contribution is 2.61. The van der Waals surface area contributed by atoms with E-state index in [0.717, 1.165) is 0 Å². The van der Waals surface area contributed by atoms with Crippen LogP contribution in [0.4, 0.5) is 4.39 Å². The molecule has 1 aromatic carbocycles. The second kappa shape index (κ2) is 3.96. The largest absolute Gasteiger partial charge is 0.466 e. The first kappa shape index (κ1) is 12.3. The molecule has 0 aliphatic carbocycles. The molecule has 1 heterocycles. The van der Waals surface area contributed by atoms with Gasteiger partial charge in [-0.15, -0.1) is 0 Å². The van der Waals surface area contributed by atoms with E-state index < -0.39 is 22.4 Å². The summed E-state index contributed by atoms with van der Waals surface area (Å²) in [6.07, 6.45) is 0.453. The fraction of sp³-hybridized carbons (Fsp3) is 0.417. The lowest BCUT2D eigenvalue weighted by atomic mass is 9.92. The number of ether oxygens (including phenoxy) is 2. The van der Waals surface area contributed by atoms with Gasteiger partial charge in [0.2, 0.25) is 0 Å². The van der Waals surface area contributed by atoms with Crippen LogP contribution in [0.15, 0.2) is 24.3 Å². The Labute approximate surface area is 103 Å². The highest BCUT2D eigenvalue weighted by Gasteiger charge is 2.75. The Morgan fingerprint density at radius 2 is 2.29 bits per heavy atom. The number of alkyl halides is 1. The van der Waals surface area contributed by atoms with Crippen molar-refractivity contribution in [3.63, 3.8) is 0 Å². The van der Waals surface area contributed by atoms with Gasteiger partial charge in [-0.1, -0.05) is 30.7 Å². The van der Waals surface area contributed by atoms with Crippen molar-refractivity contribution in [1.29, 1.82) is 0 Å². The first-order valence-electron chi connectivity index (χ1n) is 5.23. The van der Waals surface area contributed by atoms with E-state index in [-0.39, 0.29) is 0 Å². The zero-order chi connectivity index (χ0) is 12.7. The zero-order valence-corrected chi connectivity index (χ0v) is 10.3. The van der Waals surface area contributed by atoms with Crippen LogP contribution < -0.4 is 0 Å². The number of benzene rings is 1. The molecule has 0 amide bonds. The molecule has 92 valence electrons. The molecule has 17 heavy (non-hydrogen) atoms. The highest BCUT2D eigenvalue weighted by atomic mass is 35.5. The molecule has 5 heteroatoms. The third-order valence-corrected chi connectivity index (χ3v) is 3.57. The van der Waals surface area contributed by atoms with Gasteiger partial charge in [0, 0.05) is 0 Å². The molecule has 1 fully saturated rings. The lowest BCUT2D eigenvalue weighted by molar-refractivity contribution is -0.143. The number of epoxide rings is 1. The quantitative estimate of drug-likeness (QED) is 0.475. The van der Waals surface area contributed by atoms with Gasteiger partial charge in [-0.2, -0.15) is 0 Å². The van der Waals surface area contributed by atoms with Crippen LogP contribution in [0.1, 0.15) is 18.9 Å². The number of carbonyl (C=O) groups is 1. The Morgan fingerprint density at radius 1 is 1.59 bits per heavy atom. The minimum absolute atomic E-state index is 0.394. The Balaban J connectivity index is 2.40. The molecule has 0 spiro atoms. The fourth-order valence-corrected chi connectivity index (χ4v) is 2.49. The summed E-state index contributed by atoms with van der Waals surface area (Å²) in [6, 6.07) is 5.87. The van der Waals surface area contributed by atoms with Crippen molar-refractivity contribution in [2.45, 2.75) is 24.0 Å². The SMILES string of the molecule is CCC1(c2cccc(F)c2)OC1(Cl)C(=O)OC. The number of halogens is 2. The molecule has 2 atom stereocenters. The molecule has 0 bridgehead atoms. The summed E-state index contributed by atoms with van der Waals surface area (Å²) >= 11 is 6.09. The van der Waals surface area contributed by atoms with E-state index in [1.165, 1.54) is 19.2 Å². The van der Waals surface area contributed by atoms with Crippen LogP contribution in [-0.2, 0) is 19.9 Å². The summed E-state index contributed by atoms with van der Waals surface area (Å²) in [5.41, 5.74) is -0.454. The van der Waals surface area contributed by atoms with E-state index in [0.29, 0.717) is 12.0 Å². The monoisotopic (exact) mass is 258 g/mol. The minimum Gasteiger partial charge on any atom is -0.466 e. The molecule has 2 unspecified atom stereocenters. The van der Waals surface area contributed by atoms with Crippen molar-refractivity contribution in [3.8, 4) is 0 Å². The summed E-state index contributed by atoms with van der Waals surface area (Å²) in [6.45, 7) is 1.82. The molecule has 1 aliphatic rings. The minimum atomic E-state index is -1.54. The van der Waals surface area contributed by atoms with Gasteiger partial charge in [-0.3, -0.25) is 0 Å². The van der Waals surface area contributed by atoms with Crippen molar-refractivity contribution in [1.82, 2.24) is 0 Å². The summed E-state index contributed by atoms with van der Waals surface area (Å²) < 4.78 is 23.1. The molecule has 2 rings (SSSR count). The smallest absolute Gasteiger partial charge is 0.357 e. The maximum absolute atomic E-state index is 13.2. The Morgan fingerprint density at radius 3 is 2.82 bits per heavy atom. The van der Waals surface area contributed by atoms with Gasteiger partial charge in [-0.25, -0.2) is 9.18 Å². The maximum atomic E-state index is 13.2. The average Bonchev–Trinajstić information content (AvgIpc) is 2.97. The predicted molar refractivity (Wildman–Crippen MR) is 60.1 cm³/mol. The van der Waals surface area contributed by atoms with Crippen LogP contribution >= 0.6 is 11.6 Å². The number of hydrogen-bond donors (Lipinski definition) is 0. The average molecular weight is 259 g/mol. The van der Waals surface area contributed by atoms with Gasteiger partial charge in [0.25, 0.3) is 5.06 Å². The second-order valence-corrected chi connectivity index (χ2v) is 4.41. The standard InChI is InChI=1S/C12H12ClFO3/c1-3-11(8-5-4-6-9(14)7-8)12(13,17-11)10(15)16-2/h4-7H,3H2,1-2H3. The van der Waals surface area contributed by atoms with Crippen molar-refractivity contribution in [2.24, 2.45) is 0 Å². The molecule has 0 saturated carbocycles. The molecule has 1 saturated heterocycles. The van der Waals surface area contributed by atoms with E-state index in [9.17, 15) is 9.18 Å². The van der Waals surface area contributed by atoms with Crippen LogP contribution in [0.5, 0.6) is 0 Å². The topological polar surface area (TPSA) is 38.8 Å². The molecule has 0 aromatic heterocycles. The normalized spacial score (nSPS) is 31.1. The Bertz CT molecular complexity index is 465. The number of esters is 1. The number of hydrogen-bond acceptors (Lipinski definition) is 3. The van der Waals surface area contributed by atoms with Gasteiger partial charge >= 0.3 is 5.97 Å². The zero-order valence-electron chi connectivity index (χ0n) is 9.50. The summed E-state index contributed by atoms with van der Waals surface area (Å²) in [5.74, 6) is -1.06. The molecular weight excluding hydrogens is 247 g/mol. The lowest BCUT2D eigenvalue weighted by Gasteiger charge is -2.12. The van der Waals surface area contributed by atoms with Crippen LogP contribution in [0, 0.1) is 5.82 Å². The fourth-order valence-electron chi connectivity index (χ4n) is 2.04. The van der Waals surface area contributed by atoms with Gasteiger partial charge in [0.15, 0.2) is 5.60 Å². The molecular formula is C12H12ClFO3. The van der Waals surface area contributed by atoms with Gasteiger partial charge in [0.1, 0.15) is 5.82 Å². The first-order chi connectivity index (χ1) is 8.00. The summed E-state index contributed by atoms with van der Waals surface area (Å²) in [5, 5.41) is -1.54. The first-order valence-corrected chi connectivity index (χ1v) is 5.61. The molecule has 1 aliphatic heterocycles. The van der Waals surface area contributed by atoms with Crippen LogP contribution in [0.25, 0.3) is 0 Å². The number of carbonyl (C=O) groups excluding carboxylic acids is 1. The number of rotatable bonds is 3. The van der Waals surface area contributed by atoms with E-state index in [2.05, 4.69) is 4.74 Å². The number of methoxy groups -OCH3 is 1. The predicted octanol–water partition coefficient (Wildman–Crippen LogP) is 2.57. The molecule has 0 N–H and O–H groups in total. The summed E-state index contributed by atoms with van der Waals surface area (Å²) in [7, 11) is 1.24. The highest BCUT2D eigenvalue weighted by molar-refractivity contribution is 6.35. The van der Waals surface area contributed by atoms with E-state index in [1.54, 1.807) is 12.1 Å². The maximum Gasteiger partial charge on any atom is 0.357 e. The van der Waals surface area contributed by atoms with Crippen LogP contribution in [0.3, 0.4) is 0 Å². The van der Waals surface area contributed by atoms with Crippen molar-refractivity contribution >= 4 is 17.6 Å². The van der Waals surface area contributed by atoms with E-state index >= 15 is 0 Å². The van der Waals surface area contributed by atoms with Crippen LogP contribution in [0.2, 0.25) is 0 Å². The lowest BCUT2D eigenvalue weighted by Crippen LogP contribution is -2.28. The third kappa shape index (κ3) is 1.63. The Kier molecular flexibility index (Phi) is 2.87. The summed E-state index contributed by atoms with van der Waals surface area (Å²) in [4.78, 5) is 11.6. The Hall–Kier alpha value is -1.13. The third-order valence-electron chi connectivity index (χ3n) is 3.03. The van der Waals surface area contributed by atoms with Gasteiger partial charge < -0.3 is 9.47 Å². The van der Waals surface area contributed by atoms with Gasteiger partial charge in [0.05, 0.1) is 7.11 Å². The molecule has 3 nitrogen and oxygen atoms in total. The van der Waals surface area contributed by atoms with E-state index in [4.69, 9.17) is 16.3 Å². The van der Waals surface area contributed by atoms with Crippen LogP contribution in [-0.4, -0.2) is 18.1 Å². The molecule has 0 radical (unpaired) electrons. The van der Waals surface area contributed by atoms with Crippen molar-refractivity contribution < 1.29 is 18.7 Å². The van der Waals surface area contributed by atoms with E-state index in [1.807, 2.05) is 6.92 Å². The van der Waals surface area contributed by atoms with Gasteiger partial charge in [-0.05, 0) is 24.1 Å². The second-order valence-electron chi connectivity index (χ2n) is 3.88.